The molecule has 0 aliphatic heterocycles. The molecule has 0 radical (unpaired) electrons. The predicted octanol–water partition coefficient (Wildman–Crippen LogP) is 2.72. The van der Waals surface area contributed by atoms with Gasteiger partial charge in [0.15, 0.2) is 0 Å². The molecular formula is C14H29ClN2O. The van der Waals surface area contributed by atoms with Gasteiger partial charge in [-0.15, -0.1) is 12.4 Å². The fourth-order valence-corrected chi connectivity index (χ4v) is 2.99. The third kappa shape index (κ3) is 4.77. The molecule has 1 fully saturated rings. The number of nitrogens with two attached hydrogens (primary N) is 1. The van der Waals surface area contributed by atoms with Crippen LogP contribution in [0.1, 0.15) is 53.4 Å². The first-order valence-corrected chi connectivity index (χ1v) is 6.88. The molecule has 1 amide bonds. The van der Waals surface area contributed by atoms with Crippen molar-refractivity contribution in [1.29, 1.82) is 0 Å². The highest BCUT2D eigenvalue weighted by Gasteiger charge is 2.33. The Bertz CT molecular complexity index is 267. The van der Waals surface area contributed by atoms with Crippen molar-refractivity contribution in [2.45, 2.75) is 59.4 Å². The molecule has 4 heteroatoms. The molecule has 0 bridgehead atoms. The SMILES string of the molecule is CC(C)CC(C)(C)C(=O)NC1CCCC1CN.Cl. The van der Waals surface area contributed by atoms with Crippen LogP contribution in [0.3, 0.4) is 0 Å². The second-order valence-corrected chi connectivity index (χ2v) is 6.49. The first kappa shape index (κ1) is 17.7. The average molecular weight is 277 g/mol. The molecule has 0 spiro atoms. The molecule has 0 aromatic carbocycles. The van der Waals surface area contributed by atoms with Gasteiger partial charge in [-0.05, 0) is 37.6 Å². The Morgan fingerprint density at radius 1 is 1.39 bits per heavy atom. The fourth-order valence-electron chi connectivity index (χ4n) is 2.99. The molecule has 0 aromatic rings. The van der Waals surface area contributed by atoms with E-state index in [1.54, 1.807) is 0 Å². The quantitative estimate of drug-likeness (QED) is 0.811. The third-order valence-corrected chi connectivity index (χ3v) is 3.81. The number of rotatable bonds is 5. The maximum Gasteiger partial charge on any atom is 0.225 e. The van der Waals surface area contributed by atoms with Crippen molar-refractivity contribution in [3.8, 4) is 0 Å². The fraction of sp³-hybridized carbons (Fsp3) is 0.929. The lowest BCUT2D eigenvalue weighted by Crippen LogP contribution is -2.46. The number of hydrogen-bond acceptors (Lipinski definition) is 2. The Balaban J connectivity index is 0.00000289. The van der Waals surface area contributed by atoms with Crippen molar-refractivity contribution in [3.05, 3.63) is 0 Å². The molecule has 0 aromatic heterocycles. The molecule has 3 N–H and O–H groups in total. The van der Waals surface area contributed by atoms with Gasteiger partial charge in [-0.2, -0.15) is 0 Å². The highest BCUT2D eigenvalue weighted by atomic mass is 35.5. The summed E-state index contributed by atoms with van der Waals surface area (Å²) in [5.74, 6) is 1.22. The Hall–Kier alpha value is -0.280. The van der Waals surface area contributed by atoms with E-state index < -0.39 is 0 Å². The van der Waals surface area contributed by atoms with Gasteiger partial charge in [-0.25, -0.2) is 0 Å². The molecule has 0 heterocycles. The van der Waals surface area contributed by atoms with Crippen LogP contribution in [-0.2, 0) is 4.79 Å². The molecule has 1 rings (SSSR count). The summed E-state index contributed by atoms with van der Waals surface area (Å²) in [4.78, 5) is 12.3. The minimum absolute atomic E-state index is 0. The van der Waals surface area contributed by atoms with Crippen molar-refractivity contribution in [1.82, 2.24) is 5.32 Å². The largest absolute Gasteiger partial charge is 0.353 e. The van der Waals surface area contributed by atoms with Gasteiger partial charge in [0, 0.05) is 11.5 Å². The van der Waals surface area contributed by atoms with E-state index in [-0.39, 0.29) is 23.7 Å². The van der Waals surface area contributed by atoms with E-state index in [1.165, 1.54) is 6.42 Å². The first-order valence-electron chi connectivity index (χ1n) is 6.88. The molecule has 2 atom stereocenters. The monoisotopic (exact) mass is 276 g/mol. The van der Waals surface area contributed by atoms with Crippen LogP contribution in [0.4, 0.5) is 0 Å². The highest BCUT2D eigenvalue weighted by Crippen LogP contribution is 2.29. The molecule has 1 saturated carbocycles. The standard InChI is InChI=1S/C14H28N2O.ClH/c1-10(2)8-14(3,4)13(17)16-12-7-5-6-11(12)9-15;/h10-12H,5-9,15H2,1-4H3,(H,16,17);1H. The second kappa shape index (κ2) is 7.34. The molecule has 1 aliphatic carbocycles. The van der Waals surface area contributed by atoms with Crippen LogP contribution in [-0.4, -0.2) is 18.5 Å². The Labute approximate surface area is 118 Å². The van der Waals surface area contributed by atoms with Crippen molar-refractivity contribution in [2.24, 2.45) is 23.0 Å². The normalized spacial score (nSPS) is 23.9. The summed E-state index contributed by atoms with van der Waals surface area (Å²) >= 11 is 0. The molecule has 1 aliphatic rings. The highest BCUT2D eigenvalue weighted by molar-refractivity contribution is 5.85. The summed E-state index contributed by atoms with van der Waals surface area (Å²) in [5.41, 5.74) is 5.47. The van der Waals surface area contributed by atoms with Gasteiger partial charge in [0.2, 0.25) is 5.91 Å². The number of amides is 1. The van der Waals surface area contributed by atoms with Crippen molar-refractivity contribution in [2.75, 3.05) is 6.54 Å². The van der Waals surface area contributed by atoms with Crippen LogP contribution < -0.4 is 11.1 Å². The van der Waals surface area contributed by atoms with Crippen molar-refractivity contribution < 1.29 is 4.79 Å². The van der Waals surface area contributed by atoms with Crippen molar-refractivity contribution >= 4 is 18.3 Å². The van der Waals surface area contributed by atoms with Crippen LogP contribution >= 0.6 is 12.4 Å². The number of carbonyl (C=O) groups is 1. The lowest BCUT2D eigenvalue weighted by atomic mass is 9.82. The number of nitrogens with one attached hydrogen (secondary N) is 1. The Kier molecular flexibility index (Phi) is 7.23. The predicted molar refractivity (Wildman–Crippen MR) is 78.8 cm³/mol. The maximum atomic E-state index is 12.3. The second-order valence-electron chi connectivity index (χ2n) is 6.49. The Morgan fingerprint density at radius 2 is 2.00 bits per heavy atom. The van der Waals surface area contributed by atoms with Gasteiger partial charge in [-0.3, -0.25) is 4.79 Å². The summed E-state index contributed by atoms with van der Waals surface area (Å²) in [6.45, 7) is 9.08. The van der Waals surface area contributed by atoms with E-state index in [4.69, 9.17) is 5.73 Å². The summed E-state index contributed by atoms with van der Waals surface area (Å²) in [6.07, 6.45) is 4.37. The summed E-state index contributed by atoms with van der Waals surface area (Å²) < 4.78 is 0. The third-order valence-electron chi connectivity index (χ3n) is 3.81. The average Bonchev–Trinajstić information content (AvgIpc) is 2.63. The molecule has 0 saturated heterocycles. The van der Waals surface area contributed by atoms with Crippen LogP contribution in [0.15, 0.2) is 0 Å². The number of carbonyl (C=O) groups excluding carboxylic acids is 1. The Morgan fingerprint density at radius 3 is 2.50 bits per heavy atom. The van der Waals surface area contributed by atoms with E-state index in [2.05, 4.69) is 19.2 Å². The molecule has 2 unspecified atom stereocenters. The molecule has 18 heavy (non-hydrogen) atoms. The lowest BCUT2D eigenvalue weighted by Gasteiger charge is -2.29. The van der Waals surface area contributed by atoms with Gasteiger partial charge >= 0.3 is 0 Å². The maximum absolute atomic E-state index is 12.3. The van der Waals surface area contributed by atoms with Gasteiger partial charge in [0.05, 0.1) is 0 Å². The molecule has 3 nitrogen and oxygen atoms in total. The van der Waals surface area contributed by atoms with E-state index in [0.717, 1.165) is 19.3 Å². The lowest BCUT2D eigenvalue weighted by molar-refractivity contribution is -0.131. The molecule has 108 valence electrons. The van der Waals surface area contributed by atoms with E-state index >= 15 is 0 Å². The first-order chi connectivity index (χ1) is 7.86. The minimum atomic E-state index is -0.268. The zero-order chi connectivity index (χ0) is 13.1. The van der Waals surface area contributed by atoms with Gasteiger partial charge in [0.1, 0.15) is 0 Å². The number of hydrogen-bond donors (Lipinski definition) is 2. The smallest absolute Gasteiger partial charge is 0.225 e. The minimum Gasteiger partial charge on any atom is -0.353 e. The van der Waals surface area contributed by atoms with Gasteiger partial charge < -0.3 is 11.1 Å². The van der Waals surface area contributed by atoms with Crippen LogP contribution in [0.2, 0.25) is 0 Å². The summed E-state index contributed by atoms with van der Waals surface area (Å²) in [5, 5.41) is 3.21. The van der Waals surface area contributed by atoms with Crippen LogP contribution in [0.25, 0.3) is 0 Å². The van der Waals surface area contributed by atoms with Gasteiger partial charge in [-0.1, -0.05) is 34.1 Å². The zero-order valence-electron chi connectivity index (χ0n) is 12.2. The summed E-state index contributed by atoms with van der Waals surface area (Å²) in [6, 6.07) is 0.305. The van der Waals surface area contributed by atoms with E-state index in [1.807, 2.05) is 13.8 Å². The van der Waals surface area contributed by atoms with Gasteiger partial charge in [0.25, 0.3) is 0 Å². The summed E-state index contributed by atoms with van der Waals surface area (Å²) in [7, 11) is 0. The zero-order valence-corrected chi connectivity index (χ0v) is 13.0. The topological polar surface area (TPSA) is 55.1 Å². The number of halogens is 1. The van der Waals surface area contributed by atoms with Crippen LogP contribution in [0, 0.1) is 17.3 Å². The van der Waals surface area contributed by atoms with E-state index in [0.29, 0.717) is 24.4 Å². The van der Waals surface area contributed by atoms with E-state index in [9.17, 15) is 4.79 Å². The van der Waals surface area contributed by atoms with Crippen LogP contribution in [0.5, 0.6) is 0 Å². The molecular weight excluding hydrogens is 248 g/mol. The van der Waals surface area contributed by atoms with Crippen molar-refractivity contribution in [3.63, 3.8) is 0 Å².